The van der Waals surface area contributed by atoms with E-state index in [-0.39, 0.29) is 18.1 Å². The Morgan fingerprint density at radius 3 is 2.56 bits per heavy atom. The van der Waals surface area contributed by atoms with Gasteiger partial charge in [0.15, 0.2) is 0 Å². The molecule has 0 atom stereocenters. The van der Waals surface area contributed by atoms with Crippen molar-refractivity contribution in [1.29, 1.82) is 0 Å². The van der Waals surface area contributed by atoms with Crippen molar-refractivity contribution >= 4 is 17.1 Å². The summed E-state index contributed by atoms with van der Waals surface area (Å²) < 4.78 is 7.89. The zero-order chi connectivity index (χ0) is 18.8. The first-order valence-corrected chi connectivity index (χ1v) is 8.86. The first kappa shape index (κ1) is 17.1. The fourth-order valence-corrected chi connectivity index (χ4v) is 3.32. The molecule has 2 aromatic heterocycles. The van der Waals surface area contributed by atoms with Crippen LogP contribution in [-0.2, 0) is 11.3 Å². The minimum Gasteiger partial charge on any atom is -0.497 e. The average Bonchev–Trinajstić information content (AvgIpc) is 3.20. The van der Waals surface area contributed by atoms with Crippen LogP contribution in [0, 0.1) is 0 Å². The van der Waals surface area contributed by atoms with Crippen LogP contribution >= 0.6 is 0 Å². The number of methoxy groups -OCH3 is 1. The number of benzene rings is 1. The quantitative estimate of drug-likeness (QED) is 0.684. The molecule has 27 heavy (non-hydrogen) atoms. The number of piperazine rings is 1. The van der Waals surface area contributed by atoms with E-state index in [4.69, 9.17) is 4.74 Å². The van der Waals surface area contributed by atoms with Gasteiger partial charge >= 0.3 is 5.69 Å². The molecular weight excluding hydrogens is 346 g/mol. The number of aromatic nitrogens is 3. The summed E-state index contributed by atoms with van der Waals surface area (Å²) in [5.74, 6) is 0.732. The molecule has 1 aliphatic rings. The highest BCUT2D eigenvalue weighted by Gasteiger charge is 2.22. The molecule has 1 amide bonds. The molecule has 3 aromatic rings. The van der Waals surface area contributed by atoms with E-state index in [0.717, 1.165) is 30.0 Å². The average molecular weight is 367 g/mol. The summed E-state index contributed by atoms with van der Waals surface area (Å²) in [6.45, 7) is 2.68. The van der Waals surface area contributed by atoms with Crippen LogP contribution in [0.1, 0.15) is 0 Å². The molecule has 8 heteroatoms. The predicted octanol–water partition coefficient (Wildman–Crippen LogP) is 0.853. The zero-order valence-corrected chi connectivity index (χ0v) is 15.1. The lowest BCUT2D eigenvalue weighted by molar-refractivity contribution is -0.132. The van der Waals surface area contributed by atoms with Crippen LogP contribution in [-0.4, -0.2) is 58.3 Å². The normalized spacial score (nSPS) is 14.6. The molecule has 4 rings (SSSR count). The lowest BCUT2D eigenvalue weighted by Gasteiger charge is -2.36. The molecule has 8 nitrogen and oxygen atoms in total. The number of nitrogens with zero attached hydrogens (tertiary/aromatic N) is 5. The van der Waals surface area contributed by atoms with Gasteiger partial charge in [-0.25, -0.2) is 9.48 Å². The fourth-order valence-electron chi connectivity index (χ4n) is 3.32. The summed E-state index contributed by atoms with van der Waals surface area (Å²) in [4.78, 5) is 29.0. The van der Waals surface area contributed by atoms with E-state index in [1.807, 2.05) is 24.3 Å². The lowest BCUT2D eigenvalue weighted by atomic mass is 10.2. The van der Waals surface area contributed by atoms with Gasteiger partial charge in [0.1, 0.15) is 12.3 Å². The smallest absolute Gasteiger partial charge is 0.349 e. The third-order valence-electron chi connectivity index (χ3n) is 4.89. The third-order valence-corrected chi connectivity index (χ3v) is 4.89. The Labute approximate surface area is 156 Å². The maximum absolute atomic E-state index is 12.6. The van der Waals surface area contributed by atoms with Crippen molar-refractivity contribution in [2.24, 2.45) is 0 Å². The highest BCUT2D eigenvalue weighted by Crippen LogP contribution is 2.20. The van der Waals surface area contributed by atoms with Gasteiger partial charge in [-0.3, -0.25) is 9.20 Å². The van der Waals surface area contributed by atoms with Crippen LogP contribution < -0.4 is 15.3 Å². The Balaban J connectivity index is 1.39. The van der Waals surface area contributed by atoms with Crippen molar-refractivity contribution < 1.29 is 9.53 Å². The van der Waals surface area contributed by atoms with Gasteiger partial charge in [-0.15, -0.1) is 0 Å². The van der Waals surface area contributed by atoms with Crippen molar-refractivity contribution in [2.45, 2.75) is 6.54 Å². The van der Waals surface area contributed by atoms with Crippen molar-refractivity contribution in [3.63, 3.8) is 0 Å². The SMILES string of the molecule is COc1ccc(N2CCN(C(=O)Cn3ncc4cccn4c3=O)CC2)cc1. The van der Waals surface area contributed by atoms with Gasteiger partial charge in [-0.2, -0.15) is 5.10 Å². The lowest BCUT2D eigenvalue weighted by Crippen LogP contribution is -2.50. The van der Waals surface area contributed by atoms with Crippen molar-refractivity contribution in [3.8, 4) is 5.75 Å². The minimum absolute atomic E-state index is 0.0461. The van der Waals surface area contributed by atoms with E-state index >= 15 is 0 Å². The summed E-state index contributed by atoms with van der Waals surface area (Å²) in [6.07, 6.45) is 3.27. The molecule has 0 unspecified atom stereocenters. The largest absolute Gasteiger partial charge is 0.497 e. The molecule has 1 aliphatic heterocycles. The van der Waals surface area contributed by atoms with Gasteiger partial charge in [-0.1, -0.05) is 0 Å². The molecule has 0 saturated carbocycles. The van der Waals surface area contributed by atoms with Crippen molar-refractivity contribution in [1.82, 2.24) is 19.1 Å². The zero-order valence-electron chi connectivity index (χ0n) is 15.1. The summed E-state index contributed by atoms with van der Waals surface area (Å²) in [6, 6.07) is 11.5. The molecule has 1 aromatic carbocycles. The first-order valence-electron chi connectivity index (χ1n) is 8.86. The Morgan fingerprint density at radius 2 is 1.85 bits per heavy atom. The molecule has 0 bridgehead atoms. The van der Waals surface area contributed by atoms with E-state index < -0.39 is 0 Å². The highest BCUT2D eigenvalue weighted by molar-refractivity contribution is 5.76. The van der Waals surface area contributed by atoms with Gasteiger partial charge in [-0.05, 0) is 36.4 Å². The molecule has 1 saturated heterocycles. The number of amides is 1. The van der Waals surface area contributed by atoms with Crippen LogP contribution in [0.5, 0.6) is 5.75 Å². The second kappa shape index (κ2) is 7.14. The predicted molar refractivity (Wildman–Crippen MR) is 101 cm³/mol. The van der Waals surface area contributed by atoms with E-state index in [0.29, 0.717) is 13.1 Å². The Bertz CT molecular complexity index is 1000. The topological polar surface area (TPSA) is 72.1 Å². The Kier molecular flexibility index (Phi) is 4.53. The minimum atomic E-state index is -0.303. The standard InChI is InChI=1S/C19H21N5O3/c1-27-17-6-4-15(5-7-17)21-9-11-22(12-10-21)18(25)14-24-19(26)23-8-2-3-16(23)13-20-24/h2-8,13H,9-12,14H2,1H3. The number of carbonyl (C=O) groups excluding carboxylic acids is 1. The fraction of sp³-hybridized carbons (Fsp3) is 0.316. The second-order valence-corrected chi connectivity index (χ2v) is 6.45. The molecule has 3 heterocycles. The number of hydrogen-bond donors (Lipinski definition) is 0. The Morgan fingerprint density at radius 1 is 1.11 bits per heavy atom. The van der Waals surface area contributed by atoms with Crippen LogP contribution in [0.15, 0.2) is 53.6 Å². The van der Waals surface area contributed by atoms with Gasteiger partial charge in [0.25, 0.3) is 0 Å². The van der Waals surface area contributed by atoms with Crippen LogP contribution in [0.3, 0.4) is 0 Å². The van der Waals surface area contributed by atoms with E-state index in [1.54, 1.807) is 36.5 Å². The molecule has 1 fully saturated rings. The van der Waals surface area contributed by atoms with Crippen LogP contribution in [0.4, 0.5) is 5.69 Å². The van der Waals surface area contributed by atoms with Crippen LogP contribution in [0.2, 0.25) is 0 Å². The third kappa shape index (κ3) is 3.38. The Hall–Kier alpha value is -3.29. The molecule has 0 N–H and O–H groups in total. The number of ether oxygens (including phenoxy) is 1. The van der Waals surface area contributed by atoms with Gasteiger partial charge in [0.2, 0.25) is 5.91 Å². The van der Waals surface area contributed by atoms with Gasteiger partial charge in [0, 0.05) is 38.1 Å². The van der Waals surface area contributed by atoms with Gasteiger partial charge < -0.3 is 14.5 Å². The molecule has 0 radical (unpaired) electrons. The molecule has 0 aliphatic carbocycles. The summed E-state index contributed by atoms with van der Waals surface area (Å²) >= 11 is 0. The van der Waals surface area contributed by atoms with E-state index in [9.17, 15) is 9.59 Å². The van der Waals surface area contributed by atoms with E-state index in [2.05, 4.69) is 10.00 Å². The van der Waals surface area contributed by atoms with Crippen molar-refractivity contribution in [2.75, 3.05) is 38.2 Å². The first-order chi connectivity index (χ1) is 13.2. The summed E-state index contributed by atoms with van der Waals surface area (Å²) in [5, 5.41) is 4.11. The van der Waals surface area contributed by atoms with Crippen molar-refractivity contribution in [3.05, 3.63) is 59.3 Å². The number of rotatable bonds is 4. The number of fused-ring (bicyclic) bond motifs is 1. The molecule has 0 spiro atoms. The second-order valence-electron chi connectivity index (χ2n) is 6.45. The monoisotopic (exact) mass is 367 g/mol. The summed E-state index contributed by atoms with van der Waals surface area (Å²) in [7, 11) is 1.65. The number of hydrogen-bond acceptors (Lipinski definition) is 5. The number of carbonyl (C=O) groups is 1. The van der Waals surface area contributed by atoms with Crippen LogP contribution in [0.25, 0.3) is 5.52 Å². The maximum Gasteiger partial charge on any atom is 0.349 e. The summed E-state index contributed by atoms with van der Waals surface area (Å²) in [5.41, 5.74) is 1.53. The molecular formula is C19H21N5O3. The highest BCUT2D eigenvalue weighted by atomic mass is 16.5. The number of anilines is 1. The van der Waals surface area contributed by atoms with Gasteiger partial charge in [0.05, 0.1) is 18.8 Å². The molecule has 140 valence electrons. The van der Waals surface area contributed by atoms with E-state index in [1.165, 1.54) is 9.08 Å². The maximum atomic E-state index is 12.6.